The fourth-order valence-corrected chi connectivity index (χ4v) is 3.29. The monoisotopic (exact) mass is 341 g/mol. The Bertz CT molecular complexity index is 611. The summed E-state index contributed by atoms with van der Waals surface area (Å²) in [6.45, 7) is 6.48. The van der Waals surface area contributed by atoms with E-state index in [-0.39, 0.29) is 12.1 Å². The number of hydrogen-bond acceptors (Lipinski definition) is 5. The summed E-state index contributed by atoms with van der Waals surface area (Å²) in [5.41, 5.74) is -0.298. The lowest BCUT2D eigenvalue weighted by Crippen LogP contribution is -2.22. The summed E-state index contributed by atoms with van der Waals surface area (Å²) >= 11 is 1.57. The Morgan fingerprint density at radius 3 is 2.52 bits per heavy atom. The highest BCUT2D eigenvalue weighted by Gasteiger charge is 2.17. The van der Waals surface area contributed by atoms with E-state index in [0.29, 0.717) is 6.54 Å². The summed E-state index contributed by atoms with van der Waals surface area (Å²) in [5, 5.41) is 13.9. The minimum absolute atomic E-state index is 0.0658. The Labute approximate surface area is 138 Å². The van der Waals surface area contributed by atoms with Crippen molar-refractivity contribution in [3.05, 3.63) is 46.5 Å². The molecule has 7 heteroatoms. The van der Waals surface area contributed by atoms with Crippen LogP contribution in [0.4, 0.5) is 13.9 Å². The number of aliphatic hydroxyl groups is 1. The van der Waals surface area contributed by atoms with Crippen LogP contribution < -0.4 is 10.2 Å². The standard InChI is InChI=1S/C16H21F2N3OS/c1-3-21(4-2)16-20-9-11(23-16)8-19-10-14(22)15-12(17)6-5-7-13(15)18/h5-7,9,14,19,22H,3-4,8,10H2,1-2H3. The third kappa shape index (κ3) is 4.46. The van der Waals surface area contributed by atoms with Gasteiger partial charge in [0.15, 0.2) is 5.13 Å². The molecular formula is C16H21F2N3OS. The second-order valence-corrected chi connectivity index (χ2v) is 6.16. The van der Waals surface area contributed by atoms with Crippen LogP contribution in [0.3, 0.4) is 0 Å². The molecule has 0 aliphatic carbocycles. The zero-order chi connectivity index (χ0) is 16.8. The van der Waals surface area contributed by atoms with Crippen LogP contribution in [-0.2, 0) is 6.54 Å². The van der Waals surface area contributed by atoms with E-state index in [1.807, 2.05) is 0 Å². The van der Waals surface area contributed by atoms with Crippen LogP contribution in [-0.4, -0.2) is 29.7 Å². The third-order valence-corrected chi connectivity index (χ3v) is 4.60. The Morgan fingerprint density at radius 1 is 1.26 bits per heavy atom. The van der Waals surface area contributed by atoms with E-state index >= 15 is 0 Å². The molecule has 0 saturated carbocycles. The van der Waals surface area contributed by atoms with Crippen LogP contribution >= 0.6 is 11.3 Å². The van der Waals surface area contributed by atoms with E-state index in [1.54, 1.807) is 17.5 Å². The van der Waals surface area contributed by atoms with Crippen molar-refractivity contribution < 1.29 is 13.9 Å². The molecule has 0 fully saturated rings. The number of benzene rings is 1. The molecular weight excluding hydrogens is 320 g/mol. The molecule has 0 aliphatic rings. The van der Waals surface area contributed by atoms with E-state index in [1.165, 1.54) is 6.07 Å². The van der Waals surface area contributed by atoms with Crippen LogP contribution in [0.1, 0.15) is 30.4 Å². The average Bonchev–Trinajstić information content (AvgIpc) is 2.97. The van der Waals surface area contributed by atoms with Gasteiger partial charge in [-0.15, -0.1) is 11.3 Å². The number of nitrogens with zero attached hydrogens (tertiary/aromatic N) is 2. The first-order valence-electron chi connectivity index (χ1n) is 7.59. The van der Waals surface area contributed by atoms with Gasteiger partial charge in [0.1, 0.15) is 11.6 Å². The van der Waals surface area contributed by atoms with E-state index in [2.05, 4.69) is 29.0 Å². The van der Waals surface area contributed by atoms with Crippen LogP contribution in [0, 0.1) is 11.6 Å². The van der Waals surface area contributed by atoms with E-state index in [9.17, 15) is 13.9 Å². The molecule has 0 bridgehead atoms. The Morgan fingerprint density at radius 2 is 1.91 bits per heavy atom. The Kier molecular flexibility index (Phi) is 6.44. The second kappa shape index (κ2) is 8.33. The lowest BCUT2D eigenvalue weighted by Gasteiger charge is -2.16. The van der Waals surface area contributed by atoms with Gasteiger partial charge >= 0.3 is 0 Å². The summed E-state index contributed by atoms with van der Waals surface area (Å²) < 4.78 is 27.2. The third-order valence-electron chi connectivity index (χ3n) is 3.55. The molecule has 0 aliphatic heterocycles. The van der Waals surface area contributed by atoms with Gasteiger partial charge in [-0.3, -0.25) is 0 Å². The molecule has 1 unspecified atom stereocenters. The topological polar surface area (TPSA) is 48.4 Å². The van der Waals surface area contributed by atoms with E-state index in [0.717, 1.165) is 35.2 Å². The molecule has 1 aromatic carbocycles. The summed E-state index contributed by atoms with van der Waals surface area (Å²) in [5.74, 6) is -1.47. The maximum atomic E-state index is 13.6. The number of aliphatic hydroxyl groups excluding tert-OH is 1. The number of thiazole rings is 1. The number of rotatable bonds is 8. The number of halogens is 2. The van der Waals surface area contributed by atoms with Crippen molar-refractivity contribution in [1.82, 2.24) is 10.3 Å². The zero-order valence-electron chi connectivity index (χ0n) is 13.2. The maximum absolute atomic E-state index is 13.6. The molecule has 1 heterocycles. The SMILES string of the molecule is CCN(CC)c1ncc(CNCC(O)c2c(F)cccc2F)s1. The number of hydrogen-bond donors (Lipinski definition) is 2. The quantitative estimate of drug-likeness (QED) is 0.775. The highest BCUT2D eigenvalue weighted by molar-refractivity contribution is 7.15. The molecule has 0 radical (unpaired) electrons. The first-order chi connectivity index (χ1) is 11.1. The Balaban J connectivity index is 1.90. The fraction of sp³-hybridized carbons (Fsp3) is 0.438. The van der Waals surface area contributed by atoms with Crippen molar-refractivity contribution in [2.45, 2.75) is 26.5 Å². The summed E-state index contributed by atoms with van der Waals surface area (Å²) in [6.07, 6.45) is 0.549. The molecule has 1 aromatic heterocycles. The molecule has 0 saturated heterocycles. The predicted octanol–water partition coefficient (Wildman–Crippen LogP) is 3.09. The van der Waals surface area contributed by atoms with E-state index in [4.69, 9.17) is 0 Å². The fourth-order valence-electron chi connectivity index (χ4n) is 2.28. The van der Waals surface area contributed by atoms with Gasteiger partial charge in [-0.05, 0) is 26.0 Å². The van der Waals surface area contributed by atoms with Gasteiger partial charge in [-0.25, -0.2) is 13.8 Å². The first-order valence-corrected chi connectivity index (χ1v) is 8.40. The molecule has 0 spiro atoms. The highest BCUT2D eigenvalue weighted by Crippen LogP contribution is 2.23. The maximum Gasteiger partial charge on any atom is 0.185 e. The van der Waals surface area contributed by atoms with Crippen molar-refractivity contribution in [2.75, 3.05) is 24.5 Å². The van der Waals surface area contributed by atoms with Crippen molar-refractivity contribution in [3.8, 4) is 0 Å². The number of nitrogens with one attached hydrogen (secondary N) is 1. The molecule has 23 heavy (non-hydrogen) atoms. The Hall–Kier alpha value is -1.57. The van der Waals surface area contributed by atoms with Gasteiger partial charge in [0, 0.05) is 37.3 Å². The normalized spacial score (nSPS) is 12.4. The molecule has 0 amide bonds. The van der Waals surface area contributed by atoms with Crippen LogP contribution in [0.5, 0.6) is 0 Å². The molecule has 2 N–H and O–H groups in total. The van der Waals surface area contributed by atoms with Crippen LogP contribution in [0.15, 0.2) is 24.4 Å². The molecule has 1 atom stereocenters. The van der Waals surface area contributed by atoms with Gasteiger partial charge in [0.25, 0.3) is 0 Å². The predicted molar refractivity (Wildman–Crippen MR) is 88.7 cm³/mol. The van der Waals surface area contributed by atoms with E-state index < -0.39 is 17.7 Å². The first kappa shape index (κ1) is 17.8. The van der Waals surface area contributed by atoms with Crippen molar-refractivity contribution in [3.63, 3.8) is 0 Å². The van der Waals surface area contributed by atoms with Crippen LogP contribution in [0.25, 0.3) is 0 Å². The lowest BCUT2D eigenvalue weighted by atomic mass is 10.1. The summed E-state index contributed by atoms with van der Waals surface area (Å²) in [4.78, 5) is 7.52. The minimum atomic E-state index is -1.23. The number of anilines is 1. The molecule has 126 valence electrons. The van der Waals surface area contributed by atoms with Crippen molar-refractivity contribution >= 4 is 16.5 Å². The van der Waals surface area contributed by atoms with Crippen molar-refractivity contribution in [1.29, 1.82) is 0 Å². The zero-order valence-corrected chi connectivity index (χ0v) is 14.0. The van der Waals surface area contributed by atoms with Gasteiger partial charge in [-0.2, -0.15) is 0 Å². The summed E-state index contributed by atoms with van der Waals surface area (Å²) in [7, 11) is 0. The van der Waals surface area contributed by atoms with Crippen molar-refractivity contribution in [2.24, 2.45) is 0 Å². The van der Waals surface area contributed by atoms with Gasteiger partial charge < -0.3 is 15.3 Å². The van der Waals surface area contributed by atoms with Crippen LogP contribution in [0.2, 0.25) is 0 Å². The smallest absolute Gasteiger partial charge is 0.185 e. The molecule has 4 nitrogen and oxygen atoms in total. The highest BCUT2D eigenvalue weighted by atomic mass is 32.1. The lowest BCUT2D eigenvalue weighted by molar-refractivity contribution is 0.165. The summed E-state index contributed by atoms with van der Waals surface area (Å²) in [6, 6.07) is 3.56. The minimum Gasteiger partial charge on any atom is -0.387 e. The van der Waals surface area contributed by atoms with Gasteiger partial charge in [0.05, 0.1) is 11.7 Å². The largest absolute Gasteiger partial charge is 0.387 e. The average molecular weight is 341 g/mol. The molecule has 2 rings (SSSR count). The number of aromatic nitrogens is 1. The molecule has 2 aromatic rings. The van der Waals surface area contributed by atoms with Gasteiger partial charge in [-0.1, -0.05) is 6.07 Å². The second-order valence-electron chi connectivity index (χ2n) is 5.06. The van der Waals surface area contributed by atoms with Gasteiger partial charge in [0.2, 0.25) is 0 Å².